The van der Waals surface area contributed by atoms with Gasteiger partial charge in [-0.2, -0.15) is 0 Å². The molecule has 0 spiro atoms. The van der Waals surface area contributed by atoms with Crippen molar-refractivity contribution in [1.29, 1.82) is 0 Å². The summed E-state index contributed by atoms with van der Waals surface area (Å²) in [6.45, 7) is -1.54. The number of hydrogen-bond acceptors (Lipinski definition) is 5. The van der Waals surface area contributed by atoms with Gasteiger partial charge < -0.3 is 26.0 Å². The van der Waals surface area contributed by atoms with Crippen LogP contribution < -0.4 is 10.6 Å². The molecule has 2 amide bonds. The highest BCUT2D eigenvalue weighted by atomic mass is 16.4. The number of carbonyl (C=O) groups excluding carboxylic acids is 2. The van der Waals surface area contributed by atoms with Crippen LogP contribution in [-0.2, 0) is 9.59 Å². The molecule has 0 atom stereocenters. The predicted octanol–water partition coefficient (Wildman–Crippen LogP) is -0.754. The molecule has 0 saturated carbocycles. The van der Waals surface area contributed by atoms with Crippen LogP contribution in [0.3, 0.4) is 0 Å². The number of carboxylic acids is 1. The van der Waals surface area contributed by atoms with Crippen molar-refractivity contribution in [3.63, 3.8) is 0 Å². The Morgan fingerprint density at radius 1 is 0.947 bits per heavy atom. The van der Waals surface area contributed by atoms with Crippen LogP contribution >= 0.6 is 0 Å². The Morgan fingerprint density at radius 2 is 1.47 bits per heavy atom. The Balaban J connectivity index is 3.10. The van der Waals surface area contributed by atoms with Gasteiger partial charge in [-0.15, -0.1) is 0 Å². The maximum atomic E-state index is 11.1. The highest BCUT2D eigenvalue weighted by Crippen LogP contribution is 2.23. The molecule has 8 heteroatoms. The lowest BCUT2D eigenvalue weighted by Crippen LogP contribution is -2.20. The normalized spacial score (nSPS) is 9.79. The summed E-state index contributed by atoms with van der Waals surface area (Å²) in [5.74, 6) is -2.69. The van der Waals surface area contributed by atoms with Crippen molar-refractivity contribution in [3.8, 4) is 0 Å². The van der Waals surface area contributed by atoms with Crippen LogP contribution in [0.1, 0.15) is 10.4 Å². The predicted molar refractivity (Wildman–Crippen MR) is 64.8 cm³/mol. The Bertz CT molecular complexity index is 514. The summed E-state index contributed by atoms with van der Waals surface area (Å²) in [5, 5.41) is 30.6. The minimum Gasteiger partial charge on any atom is -0.478 e. The molecule has 1 aromatic rings. The van der Waals surface area contributed by atoms with Crippen LogP contribution in [0.5, 0.6) is 0 Å². The van der Waals surface area contributed by atoms with E-state index in [4.69, 9.17) is 15.3 Å². The van der Waals surface area contributed by atoms with Gasteiger partial charge in [0.15, 0.2) is 0 Å². The fourth-order valence-corrected chi connectivity index (χ4v) is 1.27. The Hall–Kier alpha value is -2.45. The number of hydrogen-bond donors (Lipinski definition) is 5. The molecule has 0 heterocycles. The largest absolute Gasteiger partial charge is 0.478 e. The molecular weight excluding hydrogens is 256 g/mol. The van der Waals surface area contributed by atoms with Gasteiger partial charge in [0.1, 0.15) is 13.2 Å². The molecule has 0 aromatic heterocycles. The third-order valence-corrected chi connectivity index (χ3v) is 2.10. The van der Waals surface area contributed by atoms with E-state index >= 15 is 0 Å². The summed E-state index contributed by atoms with van der Waals surface area (Å²) in [6.07, 6.45) is 0. The lowest BCUT2D eigenvalue weighted by molar-refractivity contribution is -0.119. The maximum Gasteiger partial charge on any atom is 0.335 e. The molecule has 8 nitrogen and oxygen atoms in total. The number of nitrogens with one attached hydrogen (secondary N) is 2. The van der Waals surface area contributed by atoms with E-state index in [9.17, 15) is 14.4 Å². The standard InChI is InChI=1S/C11H12N2O6/c14-4-9(16)12-7-2-1-6(11(18)19)3-8(7)13-10(17)5-15/h1-3,14-15H,4-5H2,(H,12,16)(H,13,17)(H,18,19). The number of aliphatic hydroxyl groups excluding tert-OH is 2. The average Bonchev–Trinajstić information content (AvgIpc) is 2.39. The van der Waals surface area contributed by atoms with Gasteiger partial charge in [0.25, 0.3) is 0 Å². The molecule has 0 saturated heterocycles. The lowest BCUT2D eigenvalue weighted by Gasteiger charge is -2.12. The third kappa shape index (κ3) is 4.05. The third-order valence-electron chi connectivity index (χ3n) is 2.10. The molecule has 5 N–H and O–H groups in total. The van der Waals surface area contributed by atoms with Crippen LogP contribution in [0, 0.1) is 0 Å². The van der Waals surface area contributed by atoms with Crippen LogP contribution in [0.2, 0.25) is 0 Å². The summed E-state index contributed by atoms with van der Waals surface area (Å²) < 4.78 is 0. The van der Waals surface area contributed by atoms with Gasteiger partial charge in [0.05, 0.1) is 16.9 Å². The van der Waals surface area contributed by atoms with E-state index in [0.717, 1.165) is 6.07 Å². The van der Waals surface area contributed by atoms with Crippen molar-refractivity contribution >= 4 is 29.2 Å². The summed E-state index contributed by atoms with van der Waals surface area (Å²) >= 11 is 0. The maximum absolute atomic E-state index is 11.1. The minimum atomic E-state index is -1.21. The second-order valence-corrected chi connectivity index (χ2v) is 3.48. The summed E-state index contributed by atoms with van der Waals surface area (Å²) in [4.78, 5) is 33.0. The van der Waals surface area contributed by atoms with E-state index in [1.807, 2.05) is 0 Å². The Kier molecular flexibility index (Phi) is 4.98. The molecular formula is C11H12N2O6. The first-order valence-electron chi connectivity index (χ1n) is 5.16. The zero-order valence-electron chi connectivity index (χ0n) is 9.71. The second kappa shape index (κ2) is 6.47. The number of aromatic carboxylic acids is 1. The van der Waals surface area contributed by atoms with E-state index in [0.29, 0.717) is 0 Å². The highest BCUT2D eigenvalue weighted by Gasteiger charge is 2.12. The van der Waals surface area contributed by atoms with Gasteiger partial charge in [0, 0.05) is 0 Å². The van der Waals surface area contributed by atoms with Gasteiger partial charge in [-0.1, -0.05) is 0 Å². The van der Waals surface area contributed by atoms with Crippen molar-refractivity contribution in [1.82, 2.24) is 0 Å². The number of carbonyl (C=O) groups is 3. The highest BCUT2D eigenvalue weighted by molar-refractivity contribution is 6.02. The lowest BCUT2D eigenvalue weighted by atomic mass is 10.1. The van der Waals surface area contributed by atoms with Gasteiger partial charge in [-0.05, 0) is 18.2 Å². The van der Waals surface area contributed by atoms with Gasteiger partial charge in [0.2, 0.25) is 11.8 Å². The van der Waals surface area contributed by atoms with Crippen LogP contribution in [-0.4, -0.2) is 46.3 Å². The monoisotopic (exact) mass is 268 g/mol. The molecule has 1 aromatic carbocycles. The quantitative estimate of drug-likeness (QED) is 0.476. The number of aliphatic hydroxyl groups is 2. The number of benzene rings is 1. The van der Waals surface area contributed by atoms with Crippen molar-refractivity contribution in [2.45, 2.75) is 0 Å². The van der Waals surface area contributed by atoms with Crippen molar-refractivity contribution in [3.05, 3.63) is 23.8 Å². The Labute approximate surface area is 107 Å². The van der Waals surface area contributed by atoms with Gasteiger partial charge in [-0.3, -0.25) is 9.59 Å². The van der Waals surface area contributed by atoms with E-state index in [2.05, 4.69) is 10.6 Å². The smallest absolute Gasteiger partial charge is 0.335 e. The number of anilines is 2. The molecule has 1 rings (SSSR count). The fourth-order valence-electron chi connectivity index (χ4n) is 1.27. The Morgan fingerprint density at radius 3 is 1.95 bits per heavy atom. The molecule has 19 heavy (non-hydrogen) atoms. The van der Waals surface area contributed by atoms with Crippen LogP contribution in [0.4, 0.5) is 11.4 Å². The second-order valence-electron chi connectivity index (χ2n) is 3.48. The molecule has 0 aliphatic carbocycles. The van der Waals surface area contributed by atoms with Crippen LogP contribution in [0.25, 0.3) is 0 Å². The SMILES string of the molecule is O=C(CO)Nc1ccc(C(=O)O)cc1NC(=O)CO. The molecule has 102 valence electrons. The number of amides is 2. The fraction of sp³-hybridized carbons (Fsp3) is 0.182. The zero-order chi connectivity index (χ0) is 14.4. The zero-order valence-corrected chi connectivity index (χ0v) is 9.71. The topological polar surface area (TPSA) is 136 Å². The first kappa shape index (κ1) is 14.6. The summed E-state index contributed by atoms with van der Waals surface area (Å²) in [7, 11) is 0. The van der Waals surface area contributed by atoms with E-state index < -0.39 is 31.0 Å². The molecule has 0 bridgehead atoms. The minimum absolute atomic E-state index is 0.0146. The molecule has 0 aliphatic rings. The molecule has 0 aliphatic heterocycles. The van der Waals surface area contributed by atoms with E-state index in [1.54, 1.807) is 0 Å². The number of carboxylic acid groups (broad SMARTS) is 1. The van der Waals surface area contributed by atoms with Crippen molar-refractivity contribution in [2.24, 2.45) is 0 Å². The van der Waals surface area contributed by atoms with E-state index in [1.165, 1.54) is 12.1 Å². The van der Waals surface area contributed by atoms with Gasteiger partial charge in [-0.25, -0.2) is 4.79 Å². The first-order valence-corrected chi connectivity index (χ1v) is 5.16. The summed E-state index contributed by atoms with van der Waals surface area (Å²) in [5.41, 5.74) is 0.0295. The van der Waals surface area contributed by atoms with Crippen molar-refractivity contribution < 1.29 is 29.7 Å². The van der Waals surface area contributed by atoms with Crippen LogP contribution in [0.15, 0.2) is 18.2 Å². The molecule has 0 fully saturated rings. The van der Waals surface area contributed by atoms with Gasteiger partial charge >= 0.3 is 5.97 Å². The number of rotatable bonds is 5. The van der Waals surface area contributed by atoms with E-state index in [-0.39, 0.29) is 16.9 Å². The average molecular weight is 268 g/mol. The summed E-state index contributed by atoms with van der Waals surface area (Å²) in [6, 6.07) is 3.62. The molecule has 0 radical (unpaired) electrons. The first-order chi connectivity index (χ1) is 8.97. The molecule has 0 unspecified atom stereocenters. The van der Waals surface area contributed by atoms with Crippen molar-refractivity contribution in [2.75, 3.05) is 23.8 Å².